The minimum atomic E-state index is -4.41. The molecule has 0 unspecified atom stereocenters. The fourth-order valence-corrected chi connectivity index (χ4v) is 1.90. The summed E-state index contributed by atoms with van der Waals surface area (Å²) in [5, 5.41) is 5.60. The Morgan fingerprint density at radius 3 is 2.41 bits per heavy atom. The van der Waals surface area contributed by atoms with Gasteiger partial charge in [0, 0.05) is 37.4 Å². The lowest BCUT2D eigenvalue weighted by Crippen LogP contribution is -2.39. The zero-order chi connectivity index (χ0) is 12.6. The molecule has 0 radical (unpaired) electrons. The van der Waals surface area contributed by atoms with E-state index in [0.29, 0.717) is 25.3 Å². The molecule has 1 aromatic heterocycles. The Balaban J connectivity index is 1.98. The first-order valence-corrected chi connectivity index (χ1v) is 5.21. The Morgan fingerprint density at radius 2 is 1.94 bits per heavy atom. The van der Waals surface area contributed by atoms with Crippen LogP contribution in [-0.2, 0) is 12.7 Å². The largest absolute Gasteiger partial charge is 0.435 e. The molecule has 96 valence electrons. The number of rotatable bonds is 2. The van der Waals surface area contributed by atoms with Crippen molar-refractivity contribution in [3.05, 3.63) is 17.5 Å². The highest BCUT2D eigenvalue weighted by molar-refractivity contribution is 5.12. The van der Waals surface area contributed by atoms with Gasteiger partial charge in [-0.25, -0.2) is 0 Å². The van der Waals surface area contributed by atoms with E-state index in [2.05, 4.69) is 10.2 Å². The number of hydrogen-bond acceptors (Lipinski definition) is 4. The summed E-state index contributed by atoms with van der Waals surface area (Å²) in [6.45, 7) is 1.52. The van der Waals surface area contributed by atoms with Crippen LogP contribution in [0.3, 0.4) is 0 Å². The summed E-state index contributed by atoms with van der Waals surface area (Å²) in [5.74, 6) is 0. The highest BCUT2D eigenvalue weighted by Crippen LogP contribution is 2.28. The second-order valence-electron chi connectivity index (χ2n) is 4.30. The van der Waals surface area contributed by atoms with Gasteiger partial charge in [-0.15, -0.1) is 0 Å². The molecule has 2 rings (SSSR count). The molecule has 0 saturated carbocycles. The lowest BCUT2D eigenvalue weighted by atomic mass is 10.2. The molecule has 0 aliphatic carbocycles. The van der Waals surface area contributed by atoms with E-state index < -0.39 is 11.9 Å². The molecule has 1 saturated heterocycles. The number of nitrogens with two attached hydrogens (primary N) is 2. The highest BCUT2D eigenvalue weighted by Gasteiger charge is 2.34. The van der Waals surface area contributed by atoms with Crippen LogP contribution in [0.4, 0.5) is 13.2 Å². The number of aromatic nitrogens is 2. The van der Waals surface area contributed by atoms with E-state index in [0.717, 1.165) is 6.07 Å². The molecule has 5 N–H and O–H groups in total. The quantitative estimate of drug-likeness (QED) is 0.683. The van der Waals surface area contributed by atoms with Crippen LogP contribution in [-0.4, -0.2) is 40.3 Å². The number of likely N-dealkylation sites (tertiary alicyclic amines) is 1. The van der Waals surface area contributed by atoms with Gasteiger partial charge >= 0.3 is 6.18 Å². The van der Waals surface area contributed by atoms with Crippen molar-refractivity contribution in [3.8, 4) is 0 Å². The molecular formula is C9H14F3N5. The third kappa shape index (κ3) is 2.76. The maximum absolute atomic E-state index is 12.3. The van der Waals surface area contributed by atoms with Crippen LogP contribution >= 0.6 is 0 Å². The van der Waals surface area contributed by atoms with Crippen molar-refractivity contribution in [3.63, 3.8) is 0 Å². The summed E-state index contributed by atoms with van der Waals surface area (Å²) in [7, 11) is 0. The Morgan fingerprint density at radius 1 is 1.35 bits per heavy atom. The van der Waals surface area contributed by atoms with Gasteiger partial charge in [0.05, 0.1) is 0 Å². The molecule has 8 heteroatoms. The van der Waals surface area contributed by atoms with Gasteiger partial charge in [-0.3, -0.25) is 10.00 Å². The van der Waals surface area contributed by atoms with Crippen LogP contribution < -0.4 is 11.5 Å². The first-order valence-electron chi connectivity index (χ1n) is 5.21. The maximum atomic E-state index is 12.3. The normalized spacial score (nSPS) is 26.6. The van der Waals surface area contributed by atoms with Gasteiger partial charge in [-0.2, -0.15) is 18.3 Å². The lowest BCUT2D eigenvalue weighted by Gasteiger charge is -2.12. The number of nitrogens with one attached hydrogen (secondary N) is 1. The zero-order valence-electron chi connectivity index (χ0n) is 9.04. The second kappa shape index (κ2) is 4.28. The van der Waals surface area contributed by atoms with Crippen LogP contribution in [0.25, 0.3) is 0 Å². The van der Waals surface area contributed by atoms with Gasteiger partial charge in [0.15, 0.2) is 5.69 Å². The molecule has 0 spiro atoms. The van der Waals surface area contributed by atoms with E-state index in [-0.39, 0.29) is 12.1 Å². The van der Waals surface area contributed by atoms with Crippen molar-refractivity contribution in [2.24, 2.45) is 11.5 Å². The van der Waals surface area contributed by atoms with Crippen LogP contribution in [0.15, 0.2) is 6.07 Å². The van der Waals surface area contributed by atoms with Crippen molar-refractivity contribution in [2.45, 2.75) is 24.8 Å². The molecular weight excluding hydrogens is 235 g/mol. The molecule has 1 aliphatic heterocycles. The molecule has 0 bridgehead atoms. The van der Waals surface area contributed by atoms with E-state index in [4.69, 9.17) is 11.5 Å². The number of hydrogen-bond donors (Lipinski definition) is 3. The number of alkyl halides is 3. The highest BCUT2D eigenvalue weighted by atomic mass is 19.4. The topological polar surface area (TPSA) is 84.0 Å². The molecule has 5 nitrogen and oxygen atoms in total. The van der Waals surface area contributed by atoms with Gasteiger partial charge in [-0.05, 0) is 6.07 Å². The summed E-state index contributed by atoms with van der Waals surface area (Å²) >= 11 is 0. The van der Waals surface area contributed by atoms with E-state index in [1.165, 1.54) is 0 Å². The predicted molar refractivity (Wildman–Crippen MR) is 54.8 cm³/mol. The van der Waals surface area contributed by atoms with E-state index in [9.17, 15) is 13.2 Å². The molecule has 0 aromatic carbocycles. The smallest absolute Gasteiger partial charge is 0.325 e. The number of nitrogens with zero attached hydrogens (tertiary/aromatic N) is 2. The first-order chi connectivity index (χ1) is 7.86. The summed E-state index contributed by atoms with van der Waals surface area (Å²) in [5.41, 5.74) is 11.0. The molecule has 2 heterocycles. The number of aromatic amines is 1. The average Bonchev–Trinajstić information content (AvgIpc) is 2.75. The maximum Gasteiger partial charge on any atom is 0.435 e. The third-order valence-corrected chi connectivity index (χ3v) is 2.80. The summed E-state index contributed by atoms with van der Waals surface area (Å²) in [6.07, 6.45) is -4.41. The summed E-state index contributed by atoms with van der Waals surface area (Å²) < 4.78 is 36.9. The molecule has 17 heavy (non-hydrogen) atoms. The van der Waals surface area contributed by atoms with E-state index in [1.54, 1.807) is 0 Å². The Kier molecular flexibility index (Phi) is 3.11. The molecule has 1 aliphatic rings. The van der Waals surface area contributed by atoms with Crippen molar-refractivity contribution in [1.29, 1.82) is 0 Å². The monoisotopic (exact) mass is 249 g/mol. The van der Waals surface area contributed by atoms with Crippen LogP contribution in [0.5, 0.6) is 0 Å². The van der Waals surface area contributed by atoms with Crippen LogP contribution in [0.2, 0.25) is 0 Å². The van der Waals surface area contributed by atoms with Crippen molar-refractivity contribution < 1.29 is 13.2 Å². The molecule has 0 amide bonds. The number of halogens is 3. The van der Waals surface area contributed by atoms with Crippen molar-refractivity contribution >= 4 is 0 Å². The molecule has 2 atom stereocenters. The third-order valence-electron chi connectivity index (χ3n) is 2.80. The van der Waals surface area contributed by atoms with Gasteiger partial charge < -0.3 is 11.5 Å². The van der Waals surface area contributed by atoms with Crippen LogP contribution in [0, 0.1) is 0 Å². The number of H-pyrrole nitrogens is 1. The van der Waals surface area contributed by atoms with E-state index in [1.807, 2.05) is 4.90 Å². The first kappa shape index (κ1) is 12.3. The Bertz CT molecular complexity index is 378. The second-order valence-corrected chi connectivity index (χ2v) is 4.30. The van der Waals surface area contributed by atoms with Gasteiger partial charge in [0.2, 0.25) is 0 Å². The minimum absolute atomic E-state index is 0.125. The fraction of sp³-hybridized carbons (Fsp3) is 0.667. The summed E-state index contributed by atoms with van der Waals surface area (Å²) in [4.78, 5) is 1.91. The van der Waals surface area contributed by atoms with Gasteiger partial charge in [0.1, 0.15) is 0 Å². The van der Waals surface area contributed by atoms with Gasteiger partial charge in [-0.1, -0.05) is 0 Å². The Hall–Kier alpha value is -1.12. The Labute approximate surface area is 95.9 Å². The fourth-order valence-electron chi connectivity index (χ4n) is 1.90. The predicted octanol–water partition coefficient (Wildman–Crippen LogP) is -0.101. The lowest BCUT2D eigenvalue weighted by molar-refractivity contribution is -0.141. The SMILES string of the molecule is N[C@@H]1CN(Cc2cc(C(F)(F)F)n[nH]2)C[C@H]1N. The van der Waals surface area contributed by atoms with Gasteiger partial charge in [0.25, 0.3) is 0 Å². The standard InChI is InChI=1S/C9H14F3N5/c10-9(11,12)8-1-5(15-16-8)2-17-3-6(13)7(14)4-17/h1,6-7H,2-4,13-14H2,(H,15,16)/t6-,7-/m1/s1. The average molecular weight is 249 g/mol. The summed E-state index contributed by atoms with van der Waals surface area (Å²) in [6, 6.07) is 0.759. The van der Waals surface area contributed by atoms with Crippen molar-refractivity contribution in [1.82, 2.24) is 15.1 Å². The zero-order valence-corrected chi connectivity index (χ0v) is 9.04. The molecule has 1 aromatic rings. The van der Waals surface area contributed by atoms with E-state index >= 15 is 0 Å². The van der Waals surface area contributed by atoms with Crippen LogP contribution in [0.1, 0.15) is 11.4 Å². The molecule has 1 fully saturated rings. The minimum Gasteiger partial charge on any atom is -0.325 e. The van der Waals surface area contributed by atoms with Crippen molar-refractivity contribution in [2.75, 3.05) is 13.1 Å².